The summed E-state index contributed by atoms with van der Waals surface area (Å²) in [6.45, 7) is 9.52. The number of aromatic nitrogens is 4. The standard InChI is InChI=1S/C29H35N7O3/c1-19-9-11-21(12-10-19)32-28(37)33-22-8-6-7-20(17-22)24-25(36-26(35-24)29(2,3)4)23-13-14-30-27(34-23)31-18-39-16-15-38-5/h6-14,17H,15-16,18H2,1-5H3,(H,35,36)(H,30,31,34)(H2,32,33,37). The Kier molecular flexibility index (Phi) is 8.90. The number of nitrogens with one attached hydrogen (secondary N) is 4. The van der Waals surface area contributed by atoms with E-state index in [1.807, 2.05) is 61.5 Å². The number of rotatable bonds is 10. The van der Waals surface area contributed by atoms with Crippen LogP contribution in [0, 0.1) is 6.92 Å². The van der Waals surface area contributed by atoms with Crippen molar-refractivity contribution in [1.82, 2.24) is 19.9 Å². The van der Waals surface area contributed by atoms with E-state index in [2.05, 4.69) is 51.7 Å². The number of methoxy groups -OCH3 is 1. The first kappa shape index (κ1) is 27.7. The molecule has 0 saturated carbocycles. The van der Waals surface area contributed by atoms with Crippen LogP contribution in [0.25, 0.3) is 22.6 Å². The maximum Gasteiger partial charge on any atom is 0.323 e. The molecule has 0 atom stereocenters. The topological polar surface area (TPSA) is 126 Å². The Morgan fingerprint density at radius 1 is 0.974 bits per heavy atom. The lowest BCUT2D eigenvalue weighted by molar-refractivity contribution is 0.0799. The highest BCUT2D eigenvalue weighted by Crippen LogP contribution is 2.34. The van der Waals surface area contributed by atoms with Crippen molar-refractivity contribution in [3.63, 3.8) is 0 Å². The van der Waals surface area contributed by atoms with Crippen molar-refractivity contribution < 1.29 is 14.3 Å². The lowest BCUT2D eigenvalue weighted by Gasteiger charge is -2.14. The second-order valence-corrected chi connectivity index (χ2v) is 10.1. The number of H-pyrrole nitrogens is 1. The van der Waals surface area contributed by atoms with Crippen LogP contribution in [0.2, 0.25) is 0 Å². The maximum absolute atomic E-state index is 12.6. The van der Waals surface area contributed by atoms with Gasteiger partial charge in [0, 0.05) is 35.7 Å². The van der Waals surface area contributed by atoms with Gasteiger partial charge >= 0.3 is 6.03 Å². The van der Waals surface area contributed by atoms with E-state index in [9.17, 15) is 4.79 Å². The van der Waals surface area contributed by atoms with Crippen LogP contribution in [-0.2, 0) is 14.9 Å². The predicted molar refractivity (Wildman–Crippen MR) is 154 cm³/mol. The minimum Gasteiger partial charge on any atom is -0.382 e. The molecule has 0 bridgehead atoms. The third-order valence-corrected chi connectivity index (χ3v) is 5.79. The zero-order valence-electron chi connectivity index (χ0n) is 23.0. The first-order valence-electron chi connectivity index (χ1n) is 12.7. The Morgan fingerprint density at radius 2 is 1.74 bits per heavy atom. The summed E-state index contributed by atoms with van der Waals surface area (Å²) in [6.07, 6.45) is 1.69. The molecule has 4 rings (SSSR count). The molecule has 2 aromatic heterocycles. The number of hydrogen-bond donors (Lipinski definition) is 4. The average Bonchev–Trinajstić information content (AvgIpc) is 3.37. The second-order valence-electron chi connectivity index (χ2n) is 10.1. The van der Waals surface area contributed by atoms with Crippen molar-refractivity contribution in [2.24, 2.45) is 0 Å². The number of imidazole rings is 1. The Hall–Kier alpha value is -4.28. The lowest BCUT2D eigenvalue weighted by Crippen LogP contribution is -2.19. The first-order chi connectivity index (χ1) is 18.7. The van der Waals surface area contributed by atoms with Crippen LogP contribution in [0.5, 0.6) is 0 Å². The van der Waals surface area contributed by atoms with Crippen molar-refractivity contribution in [3.05, 3.63) is 72.2 Å². The number of aromatic amines is 1. The molecule has 0 aliphatic rings. The van der Waals surface area contributed by atoms with Gasteiger partial charge in [-0.1, -0.05) is 50.6 Å². The van der Waals surface area contributed by atoms with E-state index in [0.29, 0.717) is 30.5 Å². The molecule has 4 N–H and O–H groups in total. The summed E-state index contributed by atoms with van der Waals surface area (Å²) in [4.78, 5) is 30.0. The Balaban J connectivity index is 1.58. The van der Waals surface area contributed by atoms with Gasteiger partial charge in [-0.3, -0.25) is 0 Å². The fourth-order valence-electron chi connectivity index (χ4n) is 3.71. The van der Waals surface area contributed by atoms with E-state index in [-0.39, 0.29) is 18.2 Å². The molecule has 0 aliphatic heterocycles. The molecule has 0 fully saturated rings. The Bertz CT molecular complexity index is 1390. The van der Waals surface area contributed by atoms with Gasteiger partial charge in [0.15, 0.2) is 0 Å². The SMILES string of the molecule is COCCOCNc1nccc(-c2[nH]c(C(C)(C)C)nc2-c2cccc(NC(=O)Nc3ccc(C)cc3)c2)n1. The van der Waals surface area contributed by atoms with E-state index in [1.165, 1.54) is 0 Å². The molecule has 10 nitrogen and oxygen atoms in total. The Morgan fingerprint density at radius 3 is 2.49 bits per heavy atom. The molecular weight excluding hydrogens is 494 g/mol. The highest BCUT2D eigenvalue weighted by molar-refractivity contribution is 6.00. The number of aryl methyl sites for hydroxylation is 1. The van der Waals surface area contributed by atoms with Crippen molar-refractivity contribution in [1.29, 1.82) is 0 Å². The first-order valence-corrected chi connectivity index (χ1v) is 12.7. The van der Waals surface area contributed by atoms with Crippen molar-refractivity contribution in [2.45, 2.75) is 33.1 Å². The van der Waals surface area contributed by atoms with Gasteiger partial charge in [0.05, 0.1) is 30.3 Å². The molecule has 0 unspecified atom stereocenters. The number of urea groups is 1. The third-order valence-electron chi connectivity index (χ3n) is 5.79. The van der Waals surface area contributed by atoms with Gasteiger partial charge in [0.2, 0.25) is 5.95 Å². The zero-order valence-corrected chi connectivity index (χ0v) is 23.0. The molecule has 10 heteroatoms. The number of carbonyl (C=O) groups excluding carboxylic acids is 1. The molecule has 2 amide bonds. The molecule has 0 spiro atoms. The Labute approximate surface area is 228 Å². The largest absolute Gasteiger partial charge is 0.382 e. The molecule has 2 aromatic carbocycles. The smallest absolute Gasteiger partial charge is 0.323 e. The highest BCUT2D eigenvalue weighted by Gasteiger charge is 2.23. The van der Waals surface area contributed by atoms with Gasteiger partial charge in [-0.05, 0) is 37.3 Å². The highest BCUT2D eigenvalue weighted by atomic mass is 16.5. The number of hydrogen-bond acceptors (Lipinski definition) is 7. The molecule has 39 heavy (non-hydrogen) atoms. The summed E-state index contributed by atoms with van der Waals surface area (Å²) in [6, 6.07) is 16.7. The minimum absolute atomic E-state index is 0.222. The van der Waals surface area contributed by atoms with Crippen LogP contribution < -0.4 is 16.0 Å². The summed E-state index contributed by atoms with van der Waals surface area (Å²) in [5.74, 6) is 1.25. The summed E-state index contributed by atoms with van der Waals surface area (Å²) in [5, 5.41) is 8.85. The van der Waals surface area contributed by atoms with Gasteiger partial charge in [-0.15, -0.1) is 0 Å². The van der Waals surface area contributed by atoms with Gasteiger partial charge in [0.25, 0.3) is 0 Å². The number of carbonyl (C=O) groups is 1. The number of ether oxygens (including phenoxy) is 2. The molecule has 0 saturated heterocycles. The maximum atomic E-state index is 12.6. The number of amides is 2. The van der Waals surface area contributed by atoms with Crippen LogP contribution in [0.1, 0.15) is 32.2 Å². The molecule has 2 heterocycles. The third kappa shape index (κ3) is 7.62. The van der Waals surface area contributed by atoms with E-state index < -0.39 is 0 Å². The minimum atomic E-state index is -0.326. The van der Waals surface area contributed by atoms with Crippen LogP contribution in [0.3, 0.4) is 0 Å². The summed E-state index contributed by atoms with van der Waals surface area (Å²) in [7, 11) is 1.63. The van der Waals surface area contributed by atoms with E-state index in [4.69, 9.17) is 14.5 Å². The summed E-state index contributed by atoms with van der Waals surface area (Å²) < 4.78 is 10.5. The van der Waals surface area contributed by atoms with Crippen molar-refractivity contribution in [2.75, 3.05) is 43.0 Å². The van der Waals surface area contributed by atoms with E-state index in [1.54, 1.807) is 13.3 Å². The van der Waals surface area contributed by atoms with Crippen molar-refractivity contribution in [3.8, 4) is 22.6 Å². The molecule has 0 radical (unpaired) electrons. The average molecular weight is 530 g/mol. The normalized spacial score (nSPS) is 11.3. The van der Waals surface area contributed by atoms with E-state index in [0.717, 1.165) is 34.0 Å². The second kappa shape index (κ2) is 12.5. The van der Waals surface area contributed by atoms with Gasteiger partial charge in [-0.25, -0.2) is 19.7 Å². The summed E-state index contributed by atoms with van der Waals surface area (Å²) >= 11 is 0. The fraction of sp³-hybridized carbons (Fsp3) is 0.310. The van der Waals surface area contributed by atoms with Crippen molar-refractivity contribution >= 4 is 23.4 Å². The zero-order chi connectivity index (χ0) is 27.8. The monoisotopic (exact) mass is 529 g/mol. The number of anilines is 3. The molecule has 204 valence electrons. The van der Waals surface area contributed by atoms with Crippen LogP contribution in [0.4, 0.5) is 22.1 Å². The van der Waals surface area contributed by atoms with Crippen LogP contribution in [0.15, 0.2) is 60.8 Å². The van der Waals surface area contributed by atoms with E-state index >= 15 is 0 Å². The summed E-state index contributed by atoms with van der Waals surface area (Å²) in [5.41, 5.74) is 5.26. The van der Waals surface area contributed by atoms with Gasteiger partial charge in [0.1, 0.15) is 12.6 Å². The molecule has 0 aliphatic carbocycles. The van der Waals surface area contributed by atoms with Gasteiger partial charge in [-0.2, -0.15) is 0 Å². The number of benzene rings is 2. The molecule has 4 aromatic rings. The molecular formula is C29H35N7O3. The quantitative estimate of drug-likeness (QED) is 0.151. The van der Waals surface area contributed by atoms with Gasteiger partial charge < -0.3 is 30.4 Å². The predicted octanol–water partition coefficient (Wildman–Crippen LogP) is 5.82. The fourth-order valence-corrected chi connectivity index (χ4v) is 3.71. The number of nitrogens with zero attached hydrogens (tertiary/aromatic N) is 3. The van der Waals surface area contributed by atoms with Crippen LogP contribution in [-0.4, -0.2) is 53.0 Å². The van der Waals surface area contributed by atoms with Crippen LogP contribution >= 0.6 is 0 Å². The lowest BCUT2D eigenvalue weighted by atomic mass is 9.96.